The minimum atomic E-state index is -4.36. The first-order valence-corrected chi connectivity index (χ1v) is 15.3. The number of halogens is 3. The lowest BCUT2D eigenvalue weighted by Gasteiger charge is -2.35. The molecule has 1 spiro atoms. The van der Waals surface area contributed by atoms with Crippen LogP contribution in [0.15, 0.2) is 35.2 Å². The molecule has 13 heteroatoms. The van der Waals surface area contributed by atoms with Crippen LogP contribution >= 0.6 is 0 Å². The summed E-state index contributed by atoms with van der Waals surface area (Å²) in [5.74, 6) is -0.256. The molecule has 9 nitrogen and oxygen atoms in total. The number of aliphatic hydroxyl groups excluding tert-OH is 1. The second-order valence-corrected chi connectivity index (χ2v) is 12.9. The summed E-state index contributed by atoms with van der Waals surface area (Å²) in [4.78, 5) is 17.5. The lowest BCUT2D eigenvalue weighted by atomic mass is 9.93. The van der Waals surface area contributed by atoms with E-state index in [0.717, 1.165) is 31.5 Å². The average molecular weight is 597 g/mol. The molecule has 0 bridgehead atoms. The summed E-state index contributed by atoms with van der Waals surface area (Å²) >= 11 is 0. The van der Waals surface area contributed by atoms with E-state index >= 15 is 0 Å². The van der Waals surface area contributed by atoms with Crippen LogP contribution in [0.5, 0.6) is 5.75 Å². The Hall–Kier alpha value is -3.03. The van der Waals surface area contributed by atoms with Gasteiger partial charge in [0.15, 0.2) is 0 Å². The highest BCUT2D eigenvalue weighted by Gasteiger charge is 2.44. The smallest absolute Gasteiger partial charge is 0.392 e. The van der Waals surface area contributed by atoms with Crippen molar-refractivity contribution in [2.45, 2.75) is 49.6 Å². The van der Waals surface area contributed by atoms with E-state index in [1.54, 1.807) is 12.1 Å². The van der Waals surface area contributed by atoms with E-state index < -0.39 is 35.1 Å². The van der Waals surface area contributed by atoms with Gasteiger partial charge >= 0.3 is 6.18 Å². The van der Waals surface area contributed by atoms with Gasteiger partial charge < -0.3 is 25.0 Å². The molecule has 2 heterocycles. The molecule has 3 N–H and O–H groups in total. The molecular formula is C28H35F3N4O5S. The molecule has 2 aromatic rings. The van der Waals surface area contributed by atoms with E-state index in [0.29, 0.717) is 35.4 Å². The van der Waals surface area contributed by atoms with Crippen LogP contribution in [-0.2, 0) is 16.4 Å². The zero-order valence-corrected chi connectivity index (χ0v) is 23.7. The Morgan fingerprint density at radius 1 is 1.10 bits per heavy atom. The number of alkyl halides is 3. The third-order valence-corrected chi connectivity index (χ3v) is 9.67. The molecule has 0 radical (unpaired) electrons. The van der Waals surface area contributed by atoms with Crippen molar-refractivity contribution in [3.8, 4) is 5.75 Å². The Labute approximate surface area is 237 Å². The fraction of sp³-hybridized carbons (Fsp3) is 0.536. The Bertz CT molecular complexity index is 1400. The topological polar surface area (TPSA) is 111 Å². The third kappa shape index (κ3) is 6.73. The van der Waals surface area contributed by atoms with Crippen LogP contribution in [-0.4, -0.2) is 72.0 Å². The van der Waals surface area contributed by atoms with Crippen molar-refractivity contribution < 1.29 is 36.2 Å². The molecule has 2 fully saturated rings. The largest absolute Gasteiger partial charge is 0.491 e. The predicted molar refractivity (Wildman–Crippen MR) is 149 cm³/mol. The zero-order chi connectivity index (χ0) is 29.4. The normalized spacial score (nSPS) is 18.0. The number of aliphatic hydroxyl groups is 1. The number of nitrogens with one attached hydrogen (secondary N) is 2. The molecule has 1 saturated heterocycles. The summed E-state index contributed by atoms with van der Waals surface area (Å²) in [6.07, 6.45) is -0.479. The maximum absolute atomic E-state index is 13.5. The summed E-state index contributed by atoms with van der Waals surface area (Å²) in [6.45, 7) is 1.07. The molecule has 224 valence electrons. The van der Waals surface area contributed by atoms with Crippen molar-refractivity contribution in [1.29, 1.82) is 0 Å². The van der Waals surface area contributed by atoms with E-state index in [1.807, 2.05) is 11.9 Å². The lowest BCUT2D eigenvalue weighted by molar-refractivity contribution is -0.139. The lowest BCUT2D eigenvalue weighted by Crippen LogP contribution is -2.35. The van der Waals surface area contributed by atoms with E-state index in [1.165, 1.54) is 31.0 Å². The molecule has 1 aliphatic carbocycles. The van der Waals surface area contributed by atoms with E-state index in [9.17, 15) is 26.4 Å². The molecule has 2 aliphatic heterocycles. The number of ether oxygens (including phenoxy) is 1. The van der Waals surface area contributed by atoms with Gasteiger partial charge in [0.2, 0.25) is 10.0 Å². The number of sulfonamides is 1. The van der Waals surface area contributed by atoms with Crippen LogP contribution in [0.25, 0.3) is 0 Å². The molecule has 1 amide bonds. The van der Waals surface area contributed by atoms with Gasteiger partial charge in [-0.15, -0.1) is 0 Å². The standard InChI is InChI=1S/C28H35F3N4O5S/c1-34-11-4-19-16-20(17-24(25(19)34)40-15-9-28(29,30)31)26(37)33-22-3-2-21(41(38,39)32-10-14-36)18-23(22)35-12-7-27(5-6-27)8-13-35/h2-3,16-18,32,36H,4-15H2,1H3,(H,33,37). The van der Waals surface area contributed by atoms with Crippen molar-refractivity contribution >= 4 is 33.0 Å². The fourth-order valence-corrected chi connectivity index (χ4v) is 6.65. The Morgan fingerprint density at radius 2 is 1.83 bits per heavy atom. The fourth-order valence-electron chi connectivity index (χ4n) is 5.61. The van der Waals surface area contributed by atoms with Gasteiger partial charge in [-0.05, 0) is 73.4 Å². The quantitative estimate of drug-likeness (QED) is 0.382. The van der Waals surface area contributed by atoms with E-state index in [-0.39, 0.29) is 29.4 Å². The van der Waals surface area contributed by atoms with Gasteiger partial charge in [0.1, 0.15) is 5.75 Å². The van der Waals surface area contributed by atoms with Crippen molar-refractivity contribution in [3.05, 3.63) is 41.5 Å². The summed E-state index contributed by atoms with van der Waals surface area (Å²) < 4.78 is 71.7. The maximum Gasteiger partial charge on any atom is 0.392 e. The van der Waals surface area contributed by atoms with E-state index in [4.69, 9.17) is 9.84 Å². The van der Waals surface area contributed by atoms with Crippen LogP contribution < -0.4 is 24.6 Å². The molecular weight excluding hydrogens is 561 g/mol. The second-order valence-electron chi connectivity index (χ2n) is 11.1. The van der Waals surface area contributed by atoms with Crippen LogP contribution in [0.4, 0.5) is 30.2 Å². The third-order valence-electron chi connectivity index (χ3n) is 8.21. The maximum atomic E-state index is 13.5. The Balaban J connectivity index is 1.42. The number of hydrogen-bond acceptors (Lipinski definition) is 7. The number of rotatable bonds is 10. The minimum absolute atomic E-state index is 0.0200. The van der Waals surface area contributed by atoms with Crippen molar-refractivity contribution in [2.75, 3.05) is 61.6 Å². The van der Waals surface area contributed by atoms with Crippen LogP contribution in [0.3, 0.4) is 0 Å². The van der Waals surface area contributed by atoms with Crippen LogP contribution in [0, 0.1) is 5.41 Å². The highest BCUT2D eigenvalue weighted by Crippen LogP contribution is 2.54. The summed E-state index contributed by atoms with van der Waals surface area (Å²) in [5.41, 5.74) is 3.11. The molecule has 5 rings (SSSR count). The minimum Gasteiger partial charge on any atom is -0.491 e. The number of nitrogens with zero attached hydrogens (tertiary/aromatic N) is 2. The molecule has 0 aromatic heterocycles. The number of carbonyl (C=O) groups excluding carboxylic acids is 1. The molecule has 3 aliphatic rings. The van der Waals surface area contributed by atoms with Crippen LogP contribution in [0.1, 0.15) is 48.0 Å². The number of fused-ring (bicyclic) bond motifs is 1. The van der Waals surface area contributed by atoms with Gasteiger partial charge in [-0.25, -0.2) is 13.1 Å². The first-order chi connectivity index (χ1) is 19.4. The van der Waals surface area contributed by atoms with E-state index in [2.05, 4.69) is 14.9 Å². The molecule has 0 unspecified atom stereocenters. The predicted octanol–water partition coefficient (Wildman–Crippen LogP) is 3.91. The first kappa shape index (κ1) is 29.5. The number of hydrogen-bond donors (Lipinski definition) is 3. The molecule has 41 heavy (non-hydrogen) atoms. The van der Waals surface area contributed by atoms with Gasteiger partial charge in [-0.3, -0.25) is 4.79 Å². The van der Waals surface area contributed by atoms with Gasteiger partial charge in [0, 0.05) is 38.8 Å². The summed E-state index contributed by atoms with van der Waals surface area (Å²) in [5, 5.41) is 12.0. The second kappa shape index (κ2) is 11.3. The van der Waals surface area contributed by atoms with Crippen molar-refractivity contribution in [2.24, 2.45) is 5.41 Å². The number of anilines is 3. The molecule has 2 aromatic carbocycles. The van der Waals surface area contributed by atoms with Gasteiger partial charge in [0.05, 0.1) is 41.6 Å². The molecule has 1 saturated carbocycles. The van der Waals surface area contributed by atoms with Crippen LogP contribution in [0.2, 0.25) is 0 Å². The molecule has 0 atom stereocenters. The number of likely N-dealkylation sites (N-methyl/N-ethyl adjacent to an activating group) is 1. The van der Waals surface area contributed by atoms with Crippen molar-refractivity contribution in [3.63, 3.8) is 0 Å². The van der Waals surface area contributed by atoms with Gasteiger partial charge in [-0.2, -0.15) is 13.2 Å². The number of piperidine rings is 1. The SMILES string of the molecule is CN1CCc2cc(C(=O)Nc3ccc(S(=O)(=O)NCCO)cc3N3CCC4(CC3)CC4)cc(OCCC(F)(F)F)c21. The monoisotopic (exact) mass is 596 g/mol. The Morgan fingerprint density at radius 3 is 2.49 bits per heavy atom. The zero-order valence-electron chi connectivity index (χ0n) is 22.9. The summed E-state index contributed by atoms with van der Waals surface area (Å²) in [6, 6.07) is 7.66. The summed E-state index contributed by atoms with van der Waals surface area (Å²) in [7, 11) is -2.06. The Kier molecular flexibility index (Phi) is 8.14. The number of benzene rings is 2. The number of carbonyl (C=O) groups is 1. The highest BCUT2D eigenvalue weighted by atomic mass is 32.2. The number of amides is 1. The average Bonchev–Trinajstić information content (AvgIpc) is 3.57. The van der Waals surface area contributed by atoms with Crippen molar-refractivity contribution in [1.82, 2.24) is 4.72 Å². The highest BCUT2D eigenvalue weighted by molar-refractivity contribution is 7.89. The van der Waals surface area contributed by atoms with Gasteiger partial charge in [-0.1, -0.05) is 0 Å². The first-order valence-electron chi connectivity index (χ1n) is 13.8. The van der Waals surface area contributed by atoms with Gasteiger partial charge in [0.25, 0.3) is 5.91 Å².